The molecule has 3 rings (SSSR count). The van der Waals surface area contributed by atoms with E-state index >= 15 is 0 Å². The van der Waals surface area contributed by atoms with Gasteiger partial charge in [-0.15, -0.1) is 0 Å². The summed E-state index contributed by atoms with van der Waals surface area (Å²) in [5.41, 5.74) is 2.21. The number of para-hydroxylation sites is 1. The van der Waals surface area contributed by atoms with Crippen molar-refractivity contribution in [2.24, 2.45) is 0 Å². The Balaban J connectivity index is 1.36. The monoisotopic (exact) mass is 713 g/mol. The van der Waals surface area contributed by atoms with Crippen LogP contribution in [0.4, 0.5) is 0 Å². The molecule has 52 heavy (non-hydrogen) atoms. The summed E-state index contributed by atoms with van der Waals surface area (Å²) >= 11 is 0. The van der Waals surface area contributed by atoms with E-state index in [0.717, 1.165) is 54.0 Å². The molecule has 0 spiro atoms. The number of unbranched alkanes of at least 4 members (excludes halogenated alkanes) is 26. The van der Waals surface area contributed by atoms with Gasteiger partial charge in [0.1, 0.15) is 17.1 Å². The average Bonchev–Trinajstić information content (AvgIpc) is 3.15. The molecule has 0 saturated heterocycles. The number of fused-ring (bicyclic) bond motifs is 1. The molecule has 0 aromatic heterocycles. The number of phenols is 1. The van der Waals surface area contributed by atoms with E-state index in [0.29, 0.717) is 11.3 Å². The molecule has 0 aliphatic rings. The van der Waals surface area contributed by atoms with E-state index in [4.69, 9.17) is 4.74 Å². The van der Waals surface area contributed by atoms with Gasteiger partial charge in [0, 0.05) is 0 Å². The zero-order chi connectivity index (χ0) is 36.9. The van der Waals surface area contributed by atoms with Gasteiger partial charge >= 0.3 is 5.97 Å². The Bertz CT molecular complexity index is 1340. The van der Waals surface area contributed by atoms with Crippen LogP contribution in [0.15, 0.2) is 54.6 Å². The quantitative estimate of drug-likeness (QED) is 0.0398. The van der Waals surface area contributed by atoms with E-state index in [2.05, 4.69) is 26.0 Å². The topological polar surface area (TPSA) is 46.5 Å². The Kier molecular flexibility index (Phi) is 24.0. The molecule has 0 aliphatic heterocycles. The standard InChI is InChI=1S/C49H76O3/c1-3-5-7-9-11-13-15-16-17-18-19-20-21-22-24-25-27-29-35-42-36-32-34-40-46(42)52-49(51)47-45-39-33-31-37-43(45)41-44(48(47)50)38-30-28-26-23-14-12-10-8-6-4-2/h31-34,36-37,39-41,50H,3-30,35,38H2,1-2H3. The number of carbonyl (C=O) groups is 1. The van der Waals surface area contributed by atoms with Crippen LogP contribution < -0.4 is 4.74 Å². The number of benzene rings is 3. The molecule has 0 heterocycles. The normalized spacial score (nSPS) is 11.4. The summed E-state index contributed by atoms with van der Waals surface area (Å²) in [6, 6.07) is 17.9. The molecule has 290 valence electrons. The molecule has 0 bridgehead atoms. The van der Waals surface area contributed by atoms with Gasteiger partial charge in [-0.1, -0.05) is 223 Å². The highest BCUT2D eigenvalue weighted by Gasteiger charge is 2.22. The van der Waals surface area contributed by atoms with Crippen LogP contribution in [0, 0.1) is 0 Å². The molecule has 1 N–H and O–H groups in total. The van der Waals surface area contributed by atoms with Gasteiger partial charge in [-0.05, 0) is 59.7 Å². The third-order valence-corrected chi connectivity index (χ3v) is 11.1. The highest BCUT2D eigenvalue weighted by molar-refractivity contribution is 6.08. The van der Waals surface area contributed by atoms with E-state index in [9.17, 15) is 9.90 Å². The summed E-state index contributed by atoms with van der Waals surface area (Å²) < 4.78 is 6.07. The van der Waals surface area contributed by atoms with Crippen LogP contribution in [0.3, 0.4) is 0 Å². The smallest absolute Gasteiger partial charge is 0.347 e. The van der Waals surface area contributed by atoms with Crippen molar-refractivity contribution in [3.8, 4) is 11.5 Å². The number of hydrogen-bond acceptors (Lipinski definition) is 3. The summed E-state index contributed by atoms with van der Waals surface area (Å²) in [7, 11) is 0. The van der Waals surface area contributed by atoms with Crippen LogP contribution >= 0.6 is 0 Å². The Labute approximate surface area is 319 Å². The molecule has 3 aromatic carbocycles. The minimum Gasteiger partial charge on any atom is -0.507 e. The Morgan fingerprint density at radius 1 is 0.481 bits per heavy atom. The first-order valence-corrected chi connectivity index (χ1v) is 22.2. The second-order valence-electron chi connectivity index (χ2n) is 15.7. The highest BCUT2D eigenvalue weighted by Crippen LogP contribution is 2.34. The molecule has 3 heteroatoms. The second kappa shape index (κ2) is 28.7. The van der Waals surface area contributed by atoms with Gasteiger partial charge < -0.3 is 9.84 Å². The van der Waals surface area contributed by atoms with Crippen molar-refractivity contribution in [2.75, 3.05) is 0 Å². The predicted octanol–water partition coefficient (Wildman–Crippen LogP) is 15.8. The van der Waals surface area contributed by atoms with Crippen LogP contribution in [0.1, 0.15) is 215 Å². The lowest BCUT2D eigenvalue weighted by Crippen LogP contribution is -2.12. The van der Waals surface area contributed by atoms with Crippen LogP contribution in [0.2, 0.25) is 0 Å². The van der Waals surface area contributed by atoms with Crippen LogP contribution in [-0.2, 0) is 12.8 Å². The molecule has 0 atom stereocenters. The Hall–Kier alpha value is -2.81. The Morgan fingerprint density at radius 2 is 0.865 bits per heavy atom. The van der Waals surface area contributed by atoms with Crippen molar-refractivity contribution >= 4 is 16.7 Å². The number of aryl methyl sites for hydroxylation is 2. The van der Waals surface area contributed by atoms with Crippen molar-refractivity contribution in [2.45, 2.75) is 206 Å². The Morgan fingerprint density at radius 3 is 1.35 bits per heavy atom. The predicted molar refractivity (Wildman–Crippen MR) is 225 cm³/mol. The van der Waals surface area contributed by atoms with Crippen molar-refractivity contribution in [3.63, 3.8) is 0 Å². The van der Waals surface area contributed by atoms with E-state index in [-0.39, 0.29) is 5.75 Å². The number of ether oxygens (including phenoxy) is 1. The fourth-order valence-corrected chi connectivity index (χ4v) is 7.77. The van der Waals surface area contributed by atoms with Crippen LogP contribution in [-0.4, -0.2) is 11.1 Å². The van der Waals surface area contributed by atoms with Crippen LogP contribution in [0.25, 0.3) is 10.8 Å². The zero-order valence-corrected chi connectivity index (χ0v) is 33.7. The lowest BCUT2D eigenvalue weighted by molar-refractivity contribution is 0.0732. The van der Waals surface area contributed by atoms with Crippen molar-refractivity contribution in [3.05, 3.63) is 71.3 Å². The minimum absolute atomic E-state index is 0.0839. The zero-order valence-electron chi connectivity index (χ0n) is 33.7. The van der Waals surface area contributed by atoms with Gasteiger partial charge in [0.15, 0.2) is 0 Å². The fraction of sp³-hybridized carbons (Fsp3) is 0.653. The molecule has 0 aliphatic carbocycles. The average molecular weight is 713 g/mol. The largest absolute Gasteiger partial charge is 0.507 e. The first kappa shape index (κ1) is 43.6. The number of hydrogen-bond donors (Lipinski definition) is 1. The van der Waals surface area contributed by atoms with Crippen molar-refractivity contribution < 1.29 is 14.6 Å². The molecule has 3 nitrogen and oxygen atoms in total. The van der Waals surface area contributed by atoms with Crippen molar-refractivity contribution in [1.82, 2.24) is 0 Å². The SMILES string of the molecule is CCCCCCCCCCCCCCCCCCCCc1ccccc1OC(=O)c1c(O)c(CCCCCCCCCCCC)cc2ccccc12. The molecule has 0 radical (unpaired) electrons. The summed E-state index contributed by atoms with van der Waals surface area (Å²) in [6.45, 7) is 4.56. The van der Waals surface area contributed by atoms with Gasteiger partial charge in [0.2, 0.25) is 0 Å². The summed E-state index contributed by atoms with van der Waals surface area (Å²) in [4.78, 5) is 13.8. The van der Waals surface area contributed by atoms with E-state index < -0.39 is 5.97 Å². The summed E-state index contributed by atoms with van der Waals surface area (Å²) in [6.07, 6.45) is 39.0. The molecular weight excluding hydrogens is 637 g/mol. The number of phenolic OH excluding ortho intramolecular Hbond substituents is 1. The minimum atomic E-state index is -0.469. The highest BCUT2D eigenvalue weighted by atomic mass is 16.5. The third kappa shape index (κ3) is 17.8. The van der Waals surface area contributed by atoms with Crippen LogP contribution in [0.5, 0.6) is 11.5 Å². The van der Waals surface area contributed by atoms with Crippen molar-refractivity contribution in [1.29, 1.82) is 0 Å². The number of rotatable bonds is 32. The maximum atomic E-state index is 13.8. The molecule has 0 amide bonds. The van der Waals surface area contributed by atoms with Gasteiger partial charge in [0.05, 0.1) is 0 Å². The van der Waals surface area contributed by atoms with E-state index in [1.165, 1.54) is 161 Å². The van der Waals surface area contributed by atoms with Gasteiger partial charge in [-0.3, -0.25) is 0 Å². The van der Waals surface area contributed by atoms with E-state index in [1.54, 1.807) is 0 Å². The second-order valence-corrected chi connectivity index (χ2v) is 15.7. The maximum Gasteiger partial charge on any atom is 0.347 e. The maximum absolute atomic E-state index is 13.8. The third-order valence-electron chi connectivity index (χ3n) is 11.1. The van der Waals surface area contributed by atoms with Gasteiger partial charge in [0.25, 0.3) is 0 Å². The summed E-state index contributed by atoms with van der Waals surface area (Å²) in [5.74, 6) is 0.229. The summed E-state index contributed by atoms with van der Waals surface area (Å²) in [5, 5.41) is 13.1. The first-order chi connectivity index (χ1) is 25.7. The molecule has 0 saturated carbocycles. The fourth-order valence-electron chi connectivity index (χ4n) is 7.77. The molecular formula is C49H76O3. The lowest BCUT2D eigenvalue weighted by atomic mass is 9.96. The van der Waals surface area contributed by atoms with Gasteiger partial charge in [-0.2, -0.15) is 0 Å². The number of carbonyl (C=O) groups excluding carboxylic acids is 1. The molecule has 0 unspecified atom stereocenters. The molecule has 3 aromatic rings. The number of aromatic hydroxyl groups is 1. The molecule has 0 fully saturated rings. The lowest BCUT2D eigenvalue weighted by Gasteiger charge is -2.15. The number of esters is 1. The van der Waals surface area contributed by atoms with E-state index in [1.807, 2.05) is 42.5 Å². The van der Waals surface area contributed by atoms with Gasteiger partial charge in [-0.25, -0.2) is 4.79 Å². The first-order valence-electron chi connectivity index (χ1n) is 22.2.